The van der Waals surface area contributed by atoms with Crippen molar-refractivity contribution in [3.05, 3.63) is 124 Å². The van der Waals surface area contributed by atoms with Crippen molar-refractivity contribution in [1.29, 1.82) is 0 Å². The van der Waals surface area contributed by atoms with E-state index in [1.54, 1.807) is 19.1 Å². The van der Waals surface area contributed by atoms with Gasteiger partial charge in [-0.05, 0) is 72.5 Å². The van der Waals surface area contributed by atoms with Gasteiger partial charge in [0.05, 0.1) is 5.56 Å². The highest BCUT2D eigenvalue weighted by molar-refractivity contribution is 5.84. The summed E-state index contributed by atoms with van der Waals surface area (Å²) < 4.78 is 90.2. The van der Waals surface area contributed by atoms with E-state index in [1.807, 2.05) is 0 Å². The Morgan fingerprint density at radius 3 is 1.97 bits per heavy atom. The number of halogens is 6. The van der Waals surface area contributed by atoms with Crippen LogP contribution in [0.4, 0.5) is 26.3 Å². The zero-order valence-electron chi connectivity index (χ0n) is 19.6. The maximum absolute atomic E-state index is 14.6. The van der Waals surface area contributed by atoms with Gasteiger partial charge in [0, 0.05) is 23.3 Å². The van der Waals surface area contributed by atoms with E-state index in [0.29, 0.717) is 16.3 Å². The number of hydrogen-bond acceptors (Lipinski definition) is 1. The molecule has 0 unspecified atom stereocenters. The van der Waals surface area contributed by atoms with E-state index in [2.05, 4.69) is 11.8 Å². The smallest absolute Gasteiger partial charge is 0.159 e. The molecule has 0 heterocycles. The van der Waals surface area contributed by atoms with Crippen molar-refractivity contribution in [2.75, 3.05) is 6.61 Å². The van der Waals surface area contributed by atoms with E-state index in [4.69, 9.17) is 4.74 Å². The van der Waals surface area contributed by atoms with Crippen molar-refractivity contribution < 1.29 is 31.1 Å². The number of benzene rings is 4. The number of fused-ring (bicyclic) bond motifs is 1. The molecule has 0 saturated heterocycles. The van der Waals surface area contributed by atoms with Crippen molar-refractivity contribution in [3.8, 4) is 17.6 Å². The first-order chi connectivity index (χ1) is 17.7. The van der Waals surface area contributed by atoms with Crippen LogP contribution in [-0.4, -0.2) is 6.61 Å². The second-order valence-corrected chi connectivity index (χ2v) is 8.26. The maximum atomic E-state index is 14.6. The van der Waals surface area contributed by atoms with Crippen LogP contribution in [0.3, 0.4) is 0 Å². The van der Waals surface area contributed by atoms with E-state index in [0.717, 1.165) is 36.4 Å². The third-order valence-corrected chi connectivity index (χ3v) is 5.67. The minimum Gasteiger partial charge on any atom is -0.489 e. The van der Waals surface area contributed by atoms with Crippen LogP contribution in [-0.2, 0) is 12.8 Å². The predicted molar refractivity (Wildman–Crippen MR) is 130 cm³/mol. The van der Waals surface area contributed by atoms with Crippen LogP contribution in [0.2, 0.25) is 0 Å². The van der Waals surface area contributed by atoms with Gasteiger partial charge in [-0.3, -0.25) is 0 Å². The van der Waals surface area contributed by atoms with Crippen LogP contribution >= 0.6 is 0 Å². The molecule has 0 aromatic heterocycles. The molecule has 0 aliphatic rings. The molecule has 0 spiro atoms. The standard InChI is InChI=1S/C30H20F6O/c1-2-3-10-37-22-16-27(33)24(28(34)17-22)9-6-19-12-25(31)23(26(32)13-19)8-5-18-4-7-20-14-29(35)30(36)15-21(20)11-18/h2-4,7,11-17H,6,9-10H2,1H3/b3-2+. The van der Waals surface area contributed by atoms with Gasteiger partial charge in [0.25, 0.3) is 0 Å². The molecule has 0 atom stereocenters. The SMILES string of the molecule is C/C=C/COc1cc(F)c(CCc2cc(F)c(C#Cc3ccc4cc(F)c(F)cc4c3)c(F)c2)c(F)c1. The molecule has 0 aliphatic carbocycles. The van der Waals surface area contributed by atoms with Gasteiger partial charge in [0.1, 0.15) is 35.6 Å². The average molecular weight is 510 g/mol. The van der Waals surface area contributed by atoms with Gasteiger partial charge in [-0.15, -0.1) is 0 Å². The van der Waals surface area contributed by atoms with Crippen LogP contribution in [0.15, 0.2) is 66.7 Å². The zero-order chi connectivity index (χ0) is 26.5. The second-order valence-electron chi connectivity index (χ2n) is 8.26. The first-order valence-electron chi connectivity index (χ1n) is 11.4. The normalized spacial score (nSPS) is 11.1. The Bertz CT molecular complexity index is 1520. The Morgan fingerprint density at radius 2 is 1.32 bits per heavy atom. The number of ether oxygens (including phenoxy) is 1. The summed E-state index contributed by atoms with van der Waals surface area (Å²) in [5.41, 5.74) is -0.133. The summed E-state index contributed by atoms with van der Waals surface area (Å²) in [5.74, 6) is -0.370. The van der Waals surface area contributed by atoms with E-state index in [1.165, 1.54) is 18.2 Å². The fourth-order valence-electron chi connectivity index (χ4n) is 3.76. The highest BCUT2D eigenvalue weighted by atomic mass is 19.2. The van der Waals surface area contributed by atoms with Crippen LogP contribution in [0.1, 0.15) is 29.2 Å². The fraction of sp³-hybridized carbons (Fsp3) is 0.133. The van der Waals surface area contributed by atoms with Crippen molar-refractivity contribution >= 4 is 10.8 Å². The third kappa shape index (κ3) is 6.15. The lowest BCUT2D eigenvalue weighted by molar-refractivity contribution is 0.356. The van der Waals surface area contributed by atoms with Crippen molar-refractivity contribution in [1.82, 2.24) is 0 Å². The summed E-state index contributed by atoms with van der Waals surface area (Å²) in [6.07, 6.45) is 3.29. The van der Waals surface area contributed by atoms with Crippen LogP contribution in [0.25, 0.3) is 10.8 Å². The summed E-state index contributed by atoms with van der Waals surface area (Å²) in [5, 5.41) is 0.841. The lowest BCUT2D eigenvalue weighted by atomic mass is 10.0. The molecule has 37 heavy (non-hydrogen) atoms. The van der Waals surface area contributed by atoms with Gasteiger partial charge in [0.15, 0.2) is 11.6 Å². The molecule has 0 radical (unpaired) electrons. The maximum Gasteiger partial charge on any atom is 0.159 e. The van der Waals surface area contributed by atoms with E-state index >= 15 is 0 Å². The monoisotopic (exact) mass is 510 g/mol. The minimum atomic E-state index is -1.02. The highest BCUT2D eigenvalue weighted by Crippen LogP contribution is 2.24. The molecule has 0 saturated carbocycles. The Kier molecular flexibility index (Phi) is 7.88. The summed E-state index contributed by atoms with van der Waals surface area (Å²) in [6.45, 7) is 1.96. The summed E-state index contributed by atoms with van der Waals surface area (Å²) >= 11 is 0. The Labute approximate surface area is 210 Å². The average Bonchev–Trinajstić information content (AvgIpc) is 2.84. The first kappa shape index (κ1) is 25.9. The van der Waals surface area contributed by atoms with E-state index in [-0.39, 0.29) is 36.3 Å². The Morgan fingerprint density at radius 1 is 0.676 bits per heavy atom. The van der Waals surface area contributed by atoms with Gasteiger partial charge in [-0.1, -0.05) is 30.1 Å². The molecule has 0 bridgehead atoms. The zero-order valence-corrected chi connectivity index (χ0v) is 19.6. The van der Waals surface area contributed by atoms with Crippen LogP contribution in [0, 0.1) is 46.7 Å². The summed E-state index contributed by atoms with van der Waals surface area (Å²) in [6, 6.07) is 10.9. The molecule has 0 aliphatic heterocycles. The molecule has 1 nitrogen and oxygen atoms in total. The van der Waals surface area contributed by atoms with Gasteiger partial charge in [-0.25, -0.2) is 26.3 Å². The van der Waals surface area contributed by atoms with Crippen molar-refractivity contribution in [3.63, 3.8) is 0 Å². The molecule has 0 amide bonds. The van der Waals surface area contributed by atoms with Gasteiger partial charge >= 0.3 is 0 Å². The third-order valence-electron chi connectivity index (χ3n) is 5.67. The van der Waals surface area contributed by atoms with Crippen molar-refractivity contribution in [2.24, 2.45) is 0 Å². The summed E-state index contributed by atoms with van der Waals surface area (Å²) in [4.78, 5) is 0. The van der Waals surface area contributed by atoms with E-state index in [9.17, 15) is 26.3 Å². The topological polar surface area (TPSA) is 9.23 Å². The molecule has 4 aromatic carbocycles. The van der Waals surface area contributed by atoms with Gasteiger partial charge in [0.2, 0.25) is 0 Å². The first-order valence-corrected chi connectivity index (χ1v) is 11.4. The highest BCUT2D eigenvalue weighted by Gasteiger charge is 2.14. The molecule has 4 rings (SSSR count). The number of rotatable bonds is 6. The molecular formula is C30H20F6O. The second kappa shape index (κ2) is 11.3. The van der Waals surface area contributed by atoms with Crippen LogP contribution in [0.5, 0.6) is 5.75 Å². The molecule has 4 aromatic rings. The molecule has 0 fully saturated rings. The Balaban J connectivity index is 1.50. The molecular weight excluding hydrogens is 490 g/mol. The van der Waals surface area contributed by atoms with Gasteiger partial charge in [-0.2, -0.15) is 0 Å². The van der Waals surface area contributed by atoms with Crippen molar-refractivity contribution in [2.45, 2.75) is 19.8 Å². The summed E-state index contributed by atoms with van der Waals surface area (Å²) in [7, 11) is 0. The number of aryl methyl sites for hydroxylation is 1. The molecule has 7 heteroatoms. The minimum absolute atomic E-state index is 0.0129. The fourth-order valence-corrected chi connectivity index (χ4v) is 3.76. The quantitative estimate of drug-likeness (QED) is 0.146. The lowest BCUT2D eigenvalue weighted by Crippen LogP contribution is -2.03. The van der Waals surface area contributed by atoms with Crippen LogP contribution < -0.4 is 4.74 Å². The van der Waals surface area contributed by atoms with Gasteiger partial charge < -0.3 is 4.74 Å². The Hall–Kier alpha value is -4.18. The largest absolute Gasteiger partial charge is 0.489 e. The number of allylic oxidation sites excluding steroid dienone is 1. The number of hydrogen-bond donors (Lipinski definition) is 0. The lowest BCUT2D eigenvalue weighted by Gasteiger charge is -2.10. The molecule has 0 N–H and O–H groups in total. The van der Waals surface area contributed by atoms with E-state index < -0.39 is 40.5 Å². The predicted octanol–water partition coefficient (Wildman–Crippen LogP) is 7.81. The molecule has 188 valence electrons.